The molecule has 4 rings (SSSR count). The Balaban J connectivity index is 1.92. The molecule has 9 heteroatoms. The summed E-state index contributed by atoms with van der Waals surface area (Å²) in [7, 11) is 0. The van der Waals surface area contributed by atoms with Crippen LogP contribution in [0, 0.1) is 36.9 Å². The maximum absolute atomic E-state index is 14.4. The van der Waals surface area contributed by atoms with Crippen LogP contribution in [0.3, 0.4) is 0 Å². The number of benzene rings is 1. The number of fused-ring (bicyclic) bond motifs is 1. The van der Waals surface area contributed by atoms with E-state index in [2.05, 4.69) is 15.3 Å². The number of hydrogen-bond acceptors (Lipinski definition) is 6. The van der Waals surface area contributed by atoms with Gasteiger partial charge in [0.1, 0.15) is 28.4 Å². The summed E-state index contributed by atoms with van der Waals surface area (Å²) >= 11 is 5.88. The van der Waals surface area contributed by atoms with Gasteiger partial charge in [0.15, 0.2) is 11.1 Å². The summed E-state index contributed by atoms with van der Waals surface area (Å²) < 4.78 is 34.2. The van der Waals surface area contributed by atoms with E-state index in [0.717, 1.165) is 17.8 Å². The highest BCUT2D eigenvalue weighted by atomic mass is 35.5. The number of anilines is 1. The third-order valence-corrected chi connectivity index (χ3v) is 5.46. The van der Waals surface area contributed by atoms with Gasteiger partial charge in [-0.25, -0.2) is 14.4 Å². The largest absolute Gasteiger partial charge is 0.455 e. The van der Waals surface area contributed by atoms with Gasteiger partial charge in [0.2, 0.25) is 5.95 Å². The SMILES string of the molecule is Cc1cc([C@@H](C)Nc2ccc(Cl)nc2C#N)c2oc(-c3cc(F)cnc3F)c(C)c(=O)c2c1. The van der Waals surface area contributed by atoms with Gasteiger partial charge in [0.25, 0.3) is 0 Å². The third kappa shape index (κ3) is 4.15. The topological polar surface area (TPSA) is 91.8 Å². The Morgan fingerprint density at radius 1 is 1.21 bits per heavy atom. The van der Waals surface area contributed by atoms with Crippen LogP contribution in [0.4, 0.5) is 14.5 Å². The molecule has 1 atom stereocenters. The lowest BCUT2D eigenvalue weighted by atomic mass is 9.99. The van der Waals surface area contributed by atoms with Crippen molar-refractivity contribution in [2.45, 2.75) is 26.8 Å². The van der Waals surface area contributed by atoms with Crippen LogP contribution in [0.15, 0.2) is 45.7 Å². The Bertz CT molecular complexity index is 1510. The van der Waals surface area contributed by atoms with Crippen LogP contribution in [0.25, 0.3) is 22.3 Å². The van der Waals surface area contributed by atoms with Crippen LogP contribution in [-0.2, 0) is 0 Å². The maximum atomic E-state index is 14.4. The Morgan fingerprint density at radius 3 is 2.70 bits per heavy atom. The van der Waals surface area contributed by atoms with Gasteiger partial charge in [-0.05, 0) is 50.6 Å². The van der Waals surface area contributed by atoms with E-state index < -0.39 is 17.8 Å². The molecular weight excluding hydrogens is 450 g/mol. The first-order chi connectivity index (χ1) is 15.7. The van der Waals surface area contributed by atoms with Gasteiger partial charge < -0.3 is 9.73 Å². The summed E-state index contributed by atoms with van der Waals surface area (Å²) in [5.74, 6) is -1.81. The number of nitriles is 1. The molecule has 0 unspecified atom stereocenters. The Kier molecular flexibility index (Phi) is 5.83. The molecule has 3 aromatic heterocycles. The molecule has 0 aliphatic heterocycles. The first-order valence-corrected chi connectivity index (χ1v) is 10.3. The average molecular weight is 467 g/mol. The lowest BCUT2D eigenvalue weighted by molar-refractivity contribution is 0.547. The Morgan fingerprint density at radius 2 is 1.97 bits per heavy atom. The van der Waals surface area contributed by atoms with Crippen molar-refractivity contribution in [2.24, 2.45) is 0 Å². The van der Waals surface area contributed by atoms with Gasteiger partial charge in [0.05, 0.1) is 28.9 Å². The molecule has 33 heavy (non-hydrogen) atoms. The second-order valence-corrected chi connectivity index (χ2v) is 8.00. The standard InChI is InChI=1S/C24H17ClF2N4O2/c1-11-6-15(13(3)30-18-4-5-20(25)31-19(18)9-28)23-16(7-11)21(32)12(2)22(33-23)17-8-14(26)10-29-24(17)27/h4-8,10,13,30H,1-3H3/t13-/m1/s1. The molecule has 0 aliphatic rings. The van der Waals surface area contributed by atoms with E-state index in [1.165, 1.54) is 6.92 Å². The average Bonchev–Trinajstić information content (AvgIpc) is 2.79. The Labute approximate surface area is 192 Å². The van der Waals surface area contributed by atoms with E-state index in [4.69, 9.17) is 16.0 Å². The van der Waals surface area contributed by atoms with Crippen LogP contribution in [0.2, 0.25) is 5.15 Å². The van der Waals surface area contributed by atoms with Crippen molar-refractivity contribution in [2.75, 3.05) is 5.32 Å². The maximum Gasteiger partial charge on any atom is 0.224 e. The summed E-state index contributed by atoms with van der Waals surface area (Å²) in [5.41, 5.74) is 1.70. The van der Waals surface area contributed by atoms with E-state index >= 15 is 0 Å². The number of halogens is 3. The molecule has 0 amide bonds. The van der Waals surface area contributed by atoms with Crippen LogP contribution >= 0.6 is 11.6 Å². The first-order valence-electron chi connectivity index (χ1n) is 9.92. The number of aromatic nitrogens is 2. The molecule has 1 N–H and O–H groups in total. The lowest BCUT2D eigenvalue weighted by Gasteiger charge is -2.19. The number of hydrogen-bond donors (Lipinski definition) is 1. The van der Waals surface area contributed by atoms with Gasteiger partial charge >= 0.3 is 0 Å². The van der Waals surface area contributed by atoms with Crippen LogP contribution < -0.4 is 10.7 Å². The monoisotopic (exact) mass is 466 g/mol. The van der Waals surface area contributed by atoms with Crippen molar-refractivity contribution < 1.29 is 13.2 Å². The second-order valence-electron chi connectivity index (χ2n) is 7.62. The predicted octanol–water partition coefficient (Wildman–Crippen LogP) is 5.84. The highest BCUT2D eigenvalue weighted by Crippen LogP contribution is 2.33. The van der Waals surface area contributed by atoms with Crippen LogP contribution in [0.5, 0.6) is 0 Å². The number of nitrogens with one attached hydrogen (secondary N) is 1. The number of rotatable bonds is 4. The van der Waals surface area contributed by atoms with Crippen molar-refractivity contribution in [1.82, 2.24) is 9.97 Å². The van der Waals surface area contributed by atoms with Crippen molar-refractivity contribution >= 4 is 28.3 Å². The van der Waals surface area contributed by atoms with Crippen molar-refractivity contribution in [3.05, 3.63) is 86.1 Å². The Hall–Kier alpha value is -3.83. The fourth-order valence-electron chi connectivity index (χ4n) is 3.68. The molecule has 166 valence electrons. The van der Waals surface area contributed by atoms with Gasteiger partial charge in [-0.3, -0.25) is 4.79 Å². The zero-order valence-electron chi connectivity index (χ0n) is 17.8. The quantitative estimate of drug-likeness (QED) is 0.380. The van der Waals surface area contributed by atoms with E-state index in [1.807, 2.05) is 26.0 Å². The first kappa shape index (κ1) is 22.4. The normalized spacial score (nSPS) is 11.9. The number of nitrogens with zero attached hydrogens (tertiary/aromatic N) is 3. The highest BCUT2D eigenvalue weighted by Gasteiger charge is 2.22. The molecule has 0 aliphatic carbocycles. The van der Waals surface area contributed by atoms with E-state index in [-0.39, 0.29) is 38.7 Å². The highest BCUT2D eigenvalue weighted by molar-refractivity contribution is 6.29. The van der Waals surface area contributed by atoms with Gasteiger partial charge in [0, 0.05) is 11.1 Å². The van der Waals surface area contributed by atoms with E-state index in [0.29, 0.717) is 16.6 Å². The molecule has 3 heterocycles. The summed E-state index contributed by atoms with van der Waals surface area (Å²) in [6.07, 6.45) is 0.751. The minimum Gasteiger partial charge on any atom is -0.455 e. The summed E-state index contributed by atoms with van der Waals surface area (Å²) in [6.45, 7) is 5.14. The summed E-state index contributed by atoms with van der Waals surface area (Å²) in [5, 5.41) is 13.1. The van der Waals surface area contributed by atoms with Gasteiger partial charge in [-0.2, -0.15) is 9.65 Å². The molecule has 0 spiro atoms. The summed E-state index contributed by atoms with van der Waals surface area (Å²) in [4.78, 5) is 20.6. The fraction of sp³-hybridized carbons (Fsp3) is 0.167. The molecule has 4 aromatic rings. The smallest absolute Gasteiger partial charge is 0.224 e. The predicted molar refractivity (Wildman–Crippen MR) is 121 cm³/mol. The molecule has 0 saturated heterocycles. The van der Waals surface area contributed by atoms with E-state index in [9.17, 15) is 18.8 Å². The van der Waals surface area contributed by atoms with Crippen molar-refractivity contribution in [3.63, 3.8) is 0 Å². The van der Waals surface area contributed by atoms with Crippen molar-refractivity contribution in [1.29, 1.82) is 5.26 Å². The third-order valence-electron chi connectivity index (χ3n) is 5.25. The zero-order valence-corrected chi connectivity index (χ0v) is 18.6. The van der Waals surface area contributed by atoms with Gasteiger partial charge in [-0.1, -0.05) is 17.7 Å². The molecule has 6 nitrogen and oxygen atoms in total. The minimum atomic E-state index is -0.951. The molecule has 0 saturated carbocycles. The van der Waals surface area contributed by atoms with Crippen LogP contribution in [-0.4, -0.2) is 9.97 Å². The van der Waals surface area contributed by atoms with E-state index in [1.54, 1.807) is 18.2 Å². The zero-order chi connectivity index (χ0) is 23.9. The lowest BCUT2D eigenvalue weighted by Crippen LogP contribution is -2.13. The van der Waals surface area contributed by atoms with Gasteiger partial charge in [-0.15, -0.1) is 0 Å². The van der Waals surface area contributed by atoms with Crippen molar-refractivity contribution in [3.8, 4) is 17.4 Å². The molecule has 0 bridgehead atoms. The number of pyridine rings is 2. The minimum absolute atomic E-state index is 0.0971. The molecular formula is C24H17ClF2N4O2. The molecule has 1 aromatic carbocycles. The molecule has 0 radical (unpaired) electrons. The van der Waals surface area contributed by atoms with Crippen LogP contribution in [0.1, 0.15) is 35.3 Å². The second kappa shape index (κ2) is 8.60. The summed E-state index contributed by atoms with van der Waals surface area (Å²) in [6, 6.07) is 9.15. The molecule has 0 fully saturated rings. The fourth-order valence-corrected chi connectivity index (χ4v) is 3.82. The number of aryl methyl sites for hydroxylation is 1.